The molecule has 0 bridgehead atoms. The van der Waals surface area contributed by atoms with Gasteiger partial charge in [0, 0.05) is 12.0 Å². The zero-order valence-electron chi connectivity index (χ0n) is 6.51. The van der Waals surface area contributed by atoms with E-state index in [2.05, 4.69) is 11.9 Å². The summed E-state index contributed by atoms with van der Waals surface area (Å²) in [7, 11) is 7.78. The first-order valence-electron chi connectivity index (χ1n) is 3.88. The third kappa shape index (κ3) is 0.885. The van der Waals surface area contributed by atoms with E-state index in [4.69, 9.17) is 7.98 Å². The average molecular weight is 136 g/mol. The van der Waals surface area contributed by atoms with Crippen LogP contribution in [0.2, 0.25) is 0 Å². The van der Waals surface area contributed by atoms with Crippen LogP contribution in [0.3, 0.4) is 0 Å². The van der Waals surface area contributed by atoms with Gasteiger partial charge >= 0.3 is 0 Å². The molecule has 2 radical (unpaired) electrons. The molecule has 0 saturated carbocycles. The third-order valence-corrected chi connectivity index (χ3v) is 2.71. The fraction of sp³-hybridized carbons (Fsp3) is 1.00. The van der Waals surface area contributed by atoms with Gasteiger partial charge < -0.3 is 9.71 Å². The van der Waals surface area contributed by atoms with Gasteiger partial charge in [0.25, 0.3) is 0 Å². The maximum absolute atomic E-state index is 5.59. The highest BCUT2D eigenvalue weighted by Gasteiger charge is 2.44. The second kappa shape index (κ2) is 1.99. The first kappa shape index (κ1) is 6.68. The molecule has 0 aromatic carbocycles. The van der Waals surface area contributed by atoms with Crippen molar-refractivity contribution < 1.29 is 0 Å². The van der Waals surface area contributed by atoms with E-state index in [1.54, 1.807) is 0 Å². The third-order valence-electron chi connectivity index (χ3n) is 2.71. The highest BCUT2D eigenvalue weighted by molar-refractivity contribution is 6.05. The van der Waals surface area contributed by atoms with Gasteiger partial charge in [-0.05, 0) is 33.1 Å². The van der Waals surface area contributed by atoms with Gasteiger partial charge in [0.1, 0.15) is 0 Å². The fourth-order valence-electron chi connectivity index (χ4n) is 2.23. The molecule has 2 aliphatic rings. The van der Waals surface area contributed by atoms with Crippen molar-refractivity contribution in [3.63, 3.8) is 0 Å². The van der Waals surface area contributed by atoms with Gasteiger partial charge in [-0.15, -0.1) is 0 Å². The van der Waals surface area contributed by atoms with Crippen LogP contribution < -0.4 is 0 Å². The Morgan fingerprint density at radius 2 is 2.00 bits per heavy atom. The Bertz CT molecular complexity index is 137. The van der Waals surface area contributed by atoms with Gasteiger partial charge in [-0.2, -0.15) is 0 Å². The molecule has 0 amide bonds. The lowest BCUT2D eigenvalue weighted by molar-refractivity contribution is 0.0835. The average Bonchev–Trinajstić information content (AvgIpc) is 2.10. The van der Waals surface area contributed by atoms with E-state index in [9.17, 15) is 0 Å². The summed E-state index contributed by atoms with van der Waals surface area (Å²) >= 11 is 0. The number of rotatable bonds is 0. The van der Waals surface area contributed by atoms with Crippen LogP contribution in [0.25, 0.3) is 0 Å². The number of hydrogen-bond donors (Lipinski definition) is 0. The highest BCUT2D eigenvalue weighted by atomic mass is 15.2. The van der Waals surface area contributed by atoms with Gasteiger partial charge in [-0.1, -0.05) is 0 Å². The van der Waals surface area contributed by atoms with E-state index in [0.717, 1.165) is 13.1 Å². The predicted octanol–water partition coefficient (Wildman–Crippen LogP) is -0.293. The first-order chi connectivity index (χ1) is 4.70. The molecular weight excluding hydrogens is 123 g/mol. The second-order valence-corrected chi connectivity index (χ2v) is 3.89. The van der Waals surface area contributed by atoms with Crippen LogP contribution in [0.1, 0.15) is 6.42 Å². The Balaban J connectivity index is 1.95. The van der Waals surface area contributed by atoms with Gasteiger partial charge in [-0.3, -0.25) is 0 Å². The molecule has 0 N–H and O–H groups in total. The maximum atomic E-state index is 5.59. The van der Waals surface area contributed by atoms with Crippen LogP contribution in [0.5, 0.6) is 0 Å². The Morgan fingerprint density at radius 3 is 2.40 bits per heavy atom. The second-order valence-electron chi connectivity index (χ2n) is 3.89. The lowest BCUT2D eigenvalue weighted by atomic mass is 9.77. The minimum Gasteiger partial charge on any atom is -0.352 e. The van der Waals surface area contributed by atoms with Crippen LogP contribution in [-0.2, 0) is 0 Å². The van der Waals surface area contributed by atoms with Crippen molar-refractivity contribution in [3.05, 3.63) is 0 Å². The topological polar surface area (TPSA) is 6.48 Å². The number of hydrogen-bond acceptors (Lipinski definition) is 2. The molecule has 3 heteroatoms. The van der Waals surface area contributed by atoms with Gasteiger partial charge in [0.2, 0.25) is 0 Å². The maximum Gasteiger partial charge on any atom is 0.182 e. The van der Waals surface area contributed by atoms with E-state index in [0.29, 0.717) is 5.41 Å². The highest BCUT2D eigenvalue weighted by Crippen LogP contribution is 2.37. The largest absolute Gasteiger partial charge is 0.352 e. The van der Waals surface area contributed by atoms with E-state index in [1.165, 1.54) is 19.5 Å². The molecule has 54 valence electrons. The van der Waals surface area contributed by atoms with Crippen molar-refractivity contribution in [1.82, 2.24) is 9.71 Å². The summed E-state index contributed by atoms with van der Waals surface area (Å²) < 4.78 is 0. The van der Waals surface area contributed by atoms with Crippen LogP contribution in [0, 0.1) is 5.41 Å². The molecule has 0 aromatic rings. The molecule has 1 spiro atoms. The Labute approximate surface area is 63.6 Å². The smallest absolute Gasteiger partial charge is 0.182 e. The standard InChI is InChI=1S/C7H13BN2/c1-9-3-2-7(4-9)5-10(8)6-7/h2-6H2,1H3. The van der Waals surface area contributed by atoms with E-state index in [1.807, 2.05) is 4.81 Å². The van der Waals surface area contributed by atoms with Gasteiger partial charge in [0.15, 0.2) is 7.98 Å². The molecule has 0 atom stereocenters. The molecule has 2 aliphatic heterocycles. The van der Waals surface area contributed by atoms with Crippen LogP contribution >= 0.6 is 0 Å². The Hall–Kier alpha value is -0.0151. The summed E-state index contributed by atoms with van der Waals surface area (Å²) in [6, 6.07) is 0. The Morgan fingerprint density at radius 1 is 1.30 bits per heavy atom. The summed E-state index contributed by atoms with van der Waals surface area (Å²) in [5.41, 5.74) is 0.587. The summed E-state index contributed by atoms with van der Waals surface area (Å²) in [5, 5.41) is 0. The fourth-order valence-corrected chi connectivity index (χ4v) is 2.23. The van der Waals surface area contributed by atoms with E-state index in [-0.39, 0.29) is 0 Å². The predicted molar refractivity (Wildman–Crippen MR) is 41.9 cm³/mol. The monoisotopic (exact) mass is 136 g/mol. The molecule has 2 saturated heterocycles. The summed E-state index contributed by atoms with van der Waals surface area (Å²) in [4.78, 5) is 4.31. The lowest BCUT2D eigenvalue weighted by Gasteiger charge is -2.46. The molecule has 0 aromatic heterocycles. The van der Waals surface area contributed by atoms with Crippen molar-refractivity contribution in [2.24, 2.45) is 5.41 Å². The van der Waals surface area contributed by atoms with Crippen LogP contribution in [0.15, 0.2) is 0 Å². The zero-order chi connectivity index (χ0) is 7.19. The minimum absolute atomic E-state index is 0.587. The van der Waals surface area contributed by atoms with Crippen molar-refractivity contribution in [2.45, 2.75) is 6.42 Å². The molecule has 0 unspecified atom stereocenters. The Kier molecular flexibility index (Phi) is 1.33. The minimum atomic E-state index is 0.587. The quantitative estimate of drug-likeness (QED) is 0.422. The number of nitrogens with zero attached hydrogens (tertiary/aromatic N) is 2. The van der Waals surface area contributed by atoms with Gasteiger partial charge in [0.05, 0.1) is 0 Å². The van der Waals surface area contributed by atoms with E-state index >= 15 is 0 Å². The molecule has 0 aliphatic carbocycles. The summed E-state index contributed by atoms with van der Waals surface area (Å²) in [5.74, 6) is 0. The first-order valence-corrected chi connectivity index (χ1v) is 3.88. The summed E-state index contributed by atoms with van der Waals surface area (Å²) in [6.45, 7) is 4.73. The van der Waals surface area contributed by atoms with Crippen LogP contribution in [0.4, 0.5) is 0 Å². The summed E-state index contributed by atoms with van der Waals surface area (Å²) in [6.07, 6.45) is 1.34. The van der Waals surface area contributed by atoms with Crippen molar-refractivity contribution in [3.8, 4) is 0 Å². The zero-order valence-corrected chi connectivity index (χ0v) is 6.51. The van der Waals surface area contributed by atoms with Crippen molar-refractivity contribution >= 4 is 7.98 Å². The lowest BCUT2D eigenvalue weighted by Crippen LogP contribution is -2.56. The molecule has 10 heavy (non-hydrogen) atoms. The molecule has 2 rings (SSSR count). The SMILES string of the molecule is [B]N1CC2(CCN(C)C2)C1. The van der Waals surface area contributed by atoms with Gasteiger partial charge in [-0.25, -0.2) is 0 Å². The molecular formula is C7H13BN2. The molecule has 2 nitrogen and oxygen atoms in total. The van der Waals surface area contributed by atoms with Crippen molar-refractivity contribution in [2.75, 3.05) is 33.2 Å². The molecule has 2 fully saturated rings. The van der Waals surface area contributed by atoms with E-state index < -0.39 is 0 Å². The molecule has 2 heterocycles. The van der Waals surface area contributed by atoms with Crippen molar-refractivity contribution in [1.29, 1.82) is 0 Å². The number of likely N-dealkylation sites (tertiary alicyclic amines) is 1. The van der Waals surface area contributed by atoms with Crippen LogP contribution in [-0.4, -0.2) is 50.9 Å². The normalized spacial score (nSPS) is 32.9.